The van der Waals surface area contributed by atoms with E-state index in [0.29, 0.717) is 10.6 Å². The third-order valence-electron chi connectivity index (χ3n) is 3.20. The Morgan fingerprint density at radius 3 is 2.65 bits per heavy atom. The fraction of sp³-hybridized carbons (Fsp3) is 0.235. The van der Waals surface area contributed by atoms with Gasteiger partial charge in [0.15, 0.2) is 6.61 Å². The second-order valence-corrected chi connectivity index (χ2v) is 5.63. The van der Waals surface area contributed by atoms with Gasteiger partial charge in [0.25, 0.3) is 5.91 Å². The fourth-order valence-corrected chi connectivity index (χ4v) is 2.56. The molecular weight excluding hydrogens is 312 g/mol. The molecule has 0 aliphatic rings. The monoisotopic (exact) mass is 330 g/mol. The molecule has 1 aromatic carbocycles. The maximum atomic E-state index is 12.0. The molecule has 23 heavy (non-hydrogen) atoms. The molecule has 0 spiro atoms. The van der Waals surface area contributed by atoms with Crippen LogP contribution in [0.2, 0.25) is 0 Å². The molecule has 2 rings (SSSR count). The van der Waals surface area contributed by atoms with Gasteiger partial charge in [0, 0.05) is 6.20 Å². The van der Waals surface area contributed by atoms with E-state index < -0.39 is 5.97 Å². The Labute approximate surface area is 139 Å². The summed E-state index contributed by atoms with van der Waals surface area (Å²) in [6.45, 7) is 1.56. The zero-order valence-corrected chi connectivity index (χ0v) is 13.8. The number of nitrogens with one attached hydrogen (secondary N) is 1. The van der Waals surface area contributed by atoms with E-state index in [1.54, 1.807) is 18.3 Å². The second-order valence-electron chi connectivity index (χ2n) is 4.84. The Bertz CT molecular complexity index is 677. The first-order chi connectivity index (χ1) is 11.1. The summed E-state index contributed by atoms with van der Waals surface area (Å²) in [5, 5.41) is 3.37. The minimum absolute atomic E-state index is 0.150. The van der Waals surface area contributed by atoms with E-state index in [2.05, 4.69) is 10.3 Å². The molecule has 0 fully saturated rings. The normalized spacial score (nSPS) is 11.6. The van der Waals surface area contributed by atoms with Gasteiger partial charge >= 0.3 is 5.97 Å². The van der Waals surface area contributed by atoms with Gasteiger partial charge in [-0.3, -0.25) is 4.79 Å². The SMILES string of the molecule is CSc1ncccc1C(=O)OCC(=O)N[C@H](C)c1ccccc1. The summed E-state index contributed by atoms with van der Waals surface area (Å²) in [6.07, 6.45) is 3.43. The molecule has 2 aromatic rings. The van der Waals surface area contributed by atoms with Crippen molar-refractivity contribution in [2.24, 2.45) is 0 Å². The van der Waals surface area contributed by atoms with Crippen LogP contribution in [0.1, 0.15) is 28.9 Å². The fourth-order valence-electron chi connectivity index (χ4n) is 2.03. The molecule has 1 atom stereocenters. The number of hydrogen-bond donors (Lipinski definition) is 1. The Morgan fingerprint density at radius 2 is 1.96 bits per heavy atom. The Morgan fingerprint density at radius 1 is 1.22 bits per heavy atom. The van der Waals surface area contributed by atoms with Crippen LogP contribution in [0.5, 0.6) is 0 Å². The lowest BCUT2D eigenvalue weighted by Crippen LogP contribution is -2.31. The molecule has 6 heteroatoms. The van der Waals surface area contributed by atoms with E-state index in [1.165, 1.54) is 11.8 Å². The largest absolute Gasteiger partial charge is 0.452 e. The number of nitrogens with zero attached hydrogens (tertiary/aromatic N) is 1. The maximum absolute atomic E-state index is 12.0. The summed E-state index contributed by atoms with van der Waals surface area (Å²) < 4.78 is 5.06. The number of rotatable bonds is 6. The van der Waals surface area contributed by atoms with E-state index in [1.807, 2.05) is 43.5 Å². The Hall–Kier alpha value is -2.34. The van der Waals surface area contributed by atoms with Crippen LogP contribution in [0.4, 0.5) is 0 Å². The highest BCUT2D eigenvalue weighted by Gasteiger charge is 2.16. The predicted octanol–water partition coefficient (Wildman–Crippen LogP) is 2.84. The van der Waals surface area contributed by atoms with Gasteiger partial charge in [-0.2, -0.15) is 0 Å². The highest BCUT2D eigenvalue weighted by atomic mass is 32.2. The maximum Gasteiger partial charge on any atom is 0.341 e. The number of benzene rings is 1. The van der Waals surface area contributed by atoms with Gasteiger partial charge in [0.1, 0.15) is 5.03 Å². The van der Waals surface area contributed by atoms with Crippen LogP contribution in [0.25, 0.3) is 0 Å². The lowest BCUT2D eigenvalue weighted by atomic mass is 10.1. The third kappa shape index (κ3) is 4.82. The molecule has 0 saturated heterocycles. The van der Waals surface area contributed by atoms with Crippen molar-refractivity contribution in [1.82, 2.24) is 10.3 Å². The van der Waals surface area contributed by atoms with Gasteiger partial charge in [-0.15, -0.1) is 11.8 Å². The van der Waals surface area contributed by atoms with Gasteiger partial charge in [-0.25, -0.2) is 9.78 Å². The van der Waals surface area contributed by atoms with Crippen LogP contribution in [-0.4, -0.2) is 29.7 Å². The van der Waals surface area contributed by atoms with E-state index in [-0.39, 0.29) is 18.6 Å². The van der Waals surface area contributed by atoms with Crippen molar-refractivity contribution in [2.45, 2.75) is 18.0 Å². The van der Waals surface area contributed by atoms with E-state index in [0.717, 1.165) is 5.56 Å². The highest BCUT2D eigenvalue weighted by molar-refractivity contribution is 7.98. The first kappa shape index (κ1) is 17.0. The third-order valence-corrected chi connectivity index (χ3v) is 3.91. The summed E-state index contributed by atoms with van der Waals surface area (Å²) in [6, 6.07) is 12.7. The lowest BCUT2D eigenvalue weighted by molar-refractivity contribution is -0.124. The molecule has 1 N–H and O–H groups in total. The van der Waals surface area contributed by atoms with Crippen LogP contribution in [-0.2, 0) is 9.53 Å². The van der Waals surface area contributed by atoms with Crippen molar-refractivity contribution >= 4 is 23.6 Å². The Balaban J connectivity index is 1.88. The van der Waals surface area contributed by atoms with Crippen molar-refractivity contribution in [3.63, 3.8) is 0 Å². The standard InChI is InChI=1S/C17H18N2O3S/c1-12(13-7-4-3-5-8-13)19-15(20)11-22-17(21)14-9-6-10-18-16(14)23-2/h3-10,12H,11H2,1-2H3,(H,19,20)/t12-/m1/s1. The van der Waals surface area contributed by atoms with Crippen molar-refractivity contribution in [3.8, 4) is 0 Å². The first-order valence-electron chi connectivity index (χ1n) is 7.12. The number of esters is 1. The van der Waals surface area contributed by atoms with Crippen LogP contribution in [0.3, 0.4) is 0 Å². The Kier molecular flexibility index (Phi) is 6.17. The van der Waals surface area contributed by atoms with Gasteiger partial charge in [0.05, 0.1) is 11.6 Å². The smallest absolute Gasteiger partial charge is 0.341 e. The lowest BCUT2D eigenvalue weighted by Gasteiger charge is -2.14. The van der Waals surface area contributed by atoms with Gasteiger partial charge < -0.3 is 10.1 Å². The van der Waals surface area contributed by atoms with Crippen LogP contribution < -0.4 is 5.32 Å². The van der Waals surface area contributed by atoms with Crippen LogP contribution in [0, 0.1) is 0 Å². The number of ether oxygens (including phenoxy) is 1. The molecule has 5 nitrogen and oxygen atoms in total. The number of carbonyl (C=O) groups excluding carboxylic acids is 2. The molecule has 0 aliphatic carbocycles. The second kappa shape index (κ2) is 8.33. The molecule has 0 bridgehead atoms. The molecule has 0 radical (unpaired) electrons. The van der Waals surface area contributed by atoms with Crippen LogP contribution in [0.15, 0.2) is 53.7 Å². The minimum atomic E-state index is -0.551. The number of pyridine rings is 1. The number of hydrogen-bond acceptors (Lipinski definition) is 5. The van der Waals surface area contributed by atoms with Gasteiger partial charge in [0.2, 0.25) is 0 Å². The average Bonchev–Trinajstić information content (AvgIpc) is 2.60. The quantitative estimate of drug-likeness (QED) is 0.651. The van der Waals surface area contributed by atoms with Gasteiger partial charge in [-0.05, 0) is 30.9 Å². The number of thioether (sulfide) groups is 1. The molecule has 120 valence electrons. The summed E-state index contributed by atoms with van der Waals surface area (Å²) in [5.74, 6) is -0.894. The number of aromatic nitrogens is 1. The molecule has 1 aromatic heterocycles. The summed E-state index contributed by atoms with van der Waals surface area (Å²) in [4.78, 5) is 28.0. The zero-order chi connectivity index (χ0) is 16.7. The first-order valence-corrected chi connectivity index (χ1v) is 8.34. The molecule has 1 amide bonds. The average molecular weight is 330 g/mol. The minimum Gasteiger partial charge on any atom is -0.452 e. The van der Waals surface area contributed by atoms with Gasteiger partial charge in [-0.1, -0.05) is 30.3 Å². The van der Waals surface area contributed by atoms with Crippen molar-refractivity contribution in [3.05, 3.63) is 59.8 Å². The van der Waals surface area contributed by atoms with Crippen molar-refractivity contribution in [2.75, 3.05) is 12.9 Å². The topological polar surface area (TPSA) is 68.3 Å². The molecule has 0 aliphatic heterocycles. The van der Waals surface area contributed by atoms with E-state index in [4.69, 9.17) is 4.74 Å². The number of carbonyl (C=O) groups is 2. The zero-order valence-electron chi connectivity index (χ0n) is 13.0. The summed E-state index contributed by atoms with van der Waals surface area (Å²) >= 11 is 1.35. The van der Waals surface area contributed by atoms with E-state index in [9.17, 15) is 9.59 Å². The molecule has 0 saturated carbocycles. The number of amides is 1. The van der Waals surface area contributed by atoms with E-state index >= 15 is 0 Å². The van der Waals surface area contributed by atoms with Crippen molar-refractivity contribution < 1.29 is 14.3 Å². The molecular formula is C17H18N2O3S. The van der Waals surface area contributed by atoms with Crippen molar-refractivity contribution in [1.29, 1.82) is 0 Å². The molecule has 1 heterocycles. The predicted molar refractivity (Wildman–Crippen MR) is 89.3 cm³/mol. The summed E-state index contributed by atoms with van der Waals surface area (Å²) in [7, 11) is 0. The summed E-state index contributed by atoms with van der Waals surface area (Å²) in [5.41, 5.74) is 1.35. The molecule has 0 unspecified atom stereocenters. The van der Waals surface area contributed by atoms with Crippen LogP contribution >= 0.6 is 11.8 Å². The highest BCUT2D eigenvalue weighted by Crippen LogP contribution is 2.17.